The van der Waals surface area contributed by atoms with Gasteiger partial charge in [0.2, 0.25) is 0 Å². The lowest BCUT2D eigenvalue weighted by Crippen LogP contribution is -1.98. The van der Waals surface area contributed by atoms with Gasteiger partial charge in [0.15, 0.2) is 0 Å². The zero-order valence-corrected chi connectivity index (χ0v) is 13.0. The van der Waals surface area contributed by atoms with E-state index < -0.39 is 0 Å². The molecule has 0 aliphatic rings. The molecule has 0 unspecified atom stereocenters. The Morgan fingerprint density at radius 1 is 0.684 bits per heavy atom. The van der Waals surface area contributed by atoms with Gasteiger partial charge in [-0.25, -0.2) is 0 Å². The summed E-state index contributed by atoms with van der Waals surface area (Å²) in [5.74, 6) is 0.514. The van der Waals surface area contributed by atoms with E-state index in [4.69, 9.17) is 0 Å². The van der Waals surface area contributed by atoms with Crippen LogP contribution in [0.1, 0.15) is 76.0 Å². The average Bonchev–Trinajstić information content (AvgIpc) is 2.42. The fraction of sp³-hybridized carbons (Fsp3) is 0.667. The number of phenolic OH excluding ortho intramolecular Hbond substituents is 1. The number of aromatic hydroxyl groups is 1. The van der Waals surface area contributed by atoms with Gasteiger partial charge in [-0.3, -0.25) is 0 Å². The highest BCUT2D eigenvalue weighted by atomic mass is 16.3. The molecular weight excluding hydrogens is 232 g/mol. The van der Waals surface area contributed by atoms with Crippen LogP contribution in [0.5, 0.6) is 5.75 Å². The molecule has 1 heteroatoms. The molecule has 0 aliphatic carbocycles. The molecule has 1 rings (SSSR count). The first-order valence-electron chi connectivity index (χ1n) is 8.06. The summed E-state index contributed by atoms with van der Waals surface area (Å²) in [6.07, 6.45) is 10.5. The molecule has 0 radical (unpaired) electrons. The van der Waals surface area contributed by atoms with E-state index in [1.165, 1.54) is 43.2 Å². The van der Waals surface area contributed by atoms with Crippen LogP contribution in [0.3, 0.4) is 0 Å². The number of hydrogen-bond donors (Lipinski definition) is 1. The van der Waals surface area contributed by atoms with E-state index >= 15 is 0 Å². The molecule has 1 aromatic rings. The molecule has 1 nitrogen and oxygen atoms in total. The van der Waals surface area contributed by atoms with Crippen LogP contribution in [0.4, 0.5) is 0 Å². The van der Waals surface area contributed by atoms with Gasteiger partial charge in [0, 0.05) is 0 Å². The maximum absolute atomic E-state index is 10.2. The van der Waals surface area contributed by atoms with Crippen LogP contribution < -0.4 is 0 Å². The van der Waals surface area contributed by atoms with Gasteiger partial charge in [0.1, 0.15) is 5.75 Å². The lowest BCUT2D eigenvalue weighted by atomic mass is 9.93. The van der Waals surface area contributed by atoms with Crippen LogP contribution in [0, 0.1) is 0 Å². The first kappa shape index (κ1) is 16.1. The van der Waals surface area contributed by atoms with Gasteiger partial charge in [0.05, 0.1) is 0 Å². The Morgan fingerprint density at radius 2 is 1.11 bits per heavy atom. The van der Waals surface area contributed by atoms with E-state index in [2.05, 4.69) is 26.8 Å². The first-order chi connectivity index (χ1) is 9.22. The summed E-state index contributed by atoms with van der Waals surface area (Å²) in [7, 11) is 0. The van der Waals surface area contributed by atoms with Gasteiger partial charge >= 0.3 is 0 Å². The van der Waals surface area contributed by atoms with Crippen molar-refractivity contribution >= 4 is 0 Å². The van der Waals surface area contributed by atoms with Crippen molar-refractivity contribution in [3.8, 4) is 5.75 Å². The van der Waals surface area contributed by atoms with E-state index in [0.717, 1.165) is 31.2 Å². The second-order valence-electron chi connectivity index (χ2n) is 5.56. The van der Waals surface area contributed by atoms with Gasteiger partial charge in [-0.1, -0.05) is 46.1 Å². The van der Waals surface area contributed by atoms with Gasteiger partial charge in [-0.15, -0.1) is 0 Å². The SMILES string of the molecule is CCCCc1cc(CCCC)c(CCCC)cc1O. The Labute approximate surface area is 119 Å². The average molecular weight is 262 g/mol. The minimum atomic E-state index is 0.514. The van der Waals surface area contributed by atoms with Gasteiger partial charge in [-0.05, 0) is 61.3 Å². The summed E-state index contributed by atoms with van der Waals surface area (Å²) >= 11 is 0. The summed E-state index contributed by atoms with van der Waals surface area (Å²) in [4.78, 5) is 0. The van der Waals surface area contributed by atoms with E-state index in [1.54, 1.807) is 0 Å². The lowest BCUT2D eigenvalue weighted by molar-refractivity contribution is 0.465. The molecule has 108 valence electrons. The third-order valence-corrected chi connectivity index (χ3v) is 3.80. The third kappa shape index (κ3) is 5.26. The number of unbranched alkanes of at least 4 members (excludes halogenated alkanes) is 3. The van der Waals surface area contributed by atoms with E-state index in [-0.39, 0.29) is 0 Å². The molecule has 0 fully saturated rings. The minimum Gasteiger partial charge on any atom is -0.508 e. The summed E-state index contributed by atoms with van der Waals surface area (Å²) < 4.78 is 0. The molecule has 0 spiro atoms. The maximum Gasteiger partial charge on any atom is 0.119 e. The van der Waals surface area contributed by atoms with Crippen LogP contribution in [0.15, 0.2) is 12.1 Å². The fourth-order valence-corrected chi connectivity index (χ4v) is 2.49. The van der Waals surface area contributed by atoms with E-state index in [1.807, 2.05) is 6.07 Å². The van der Waals surface area contributed by atoms with Gasteiger partial charge in [0.25, 0.3) is 0 Å². The van der Waals surface area contributed by atoms with Crippen molar-refractivity contribution in [2.24, 2.45) is 0 Å². The minimum absolute atomic E-state index is 0.514. The van der Waals surface area contributed by atoms with Gasteiger partial charge < -0.3 is 5.11 Å². The smallest absolute Gasteiger partial charge is 0.119 e. The fourth-order valence-electron chi connectivity index (χ4n) is 2.49. The molecule has 1 aromatic carbocycles. The van der Waals surface area contributed by atoms with Crippen molar-refractivity contribution in [1.82, 2.24) is 0 Å². The summed E-state index contributed by atoms with van der Waals surface area (Å²) in [5, 5.41) is 10.2. The zero-order chi connectivity index (χ0) is 14.1. The third-order valence-electron chi connectivity index (χ3n) is 3.80. The Bertz CT molecular complexity index is 368. The highest BCUT2D eigenvalue weighted by Crippen LogP contribution is 2.26. The van der Waals surface area contributed by atoms with Crippen molar-refractivity contribution in [1.29, 1.82) is 0 Å². The van der Waals surface area contributed by atoms with Crippen LogP contribution in [-0.4, -0.2) is 5.11 Å². The maximum atomic E-state index is 10.2. The molecule has 0 saturated heterocycles. The number of phenols is 1. The molecule has 0 bridgehead atoms. The molecule has 0 atom stereocenters. The Morgan fingerprint density at radius 3 is 1.58 bits per heavy atom. The van der Waals surface area contributed by atoms with Crippen molar-refractivity contribution in [3.63, 3.8) is 0 Å². The topological polar surface area (TPSA) is 20.2 Å². The molecule has 0 heterocycles. The van der Waals surface area contributed by atoms with Crippen LogP contribution >= 0.6 is 0 Å². The number of aryl methyl sites for hydroxylation is 3. The van der Waals surface area contributed by atoms with Crippen LogP contribution in [0.2, 0.25) is 0 Å². The van der Waals surface area contributed by atoms with E-state index in [0.29, 0.717) is 5.75 Å². The van der Waals surface area contributed by atoms with Crippen LogP contribution in [-0.2, 0) is 19.3 Å². The predicted octanol–water partition coefficient (Wildman–Crippen LogP) is 5.42. The van der Waals surface area contributed by atoms with E-state index in [9.17, 15) is 5.11 Å². The molecule has 1 N–H and O–H groups in total. The predicted molar refractivity (Wildman–Crippen MR) is 83.9 cm³/mol. The molecule has 0 aliphatic heterocycles. The molecule has 0 amide bonds. The highest BCUT2D eigenvalue weighted by molar-refractivity contribution is 5.42. The van der Waals surface area contributed by atoms with Crippen molar-refractivity contribution in [2.75, 3.05) is 0 Å². The number of benzene rings is 1. The van der Waals surface area contributed by atoms with Gasteiger partial charge in [-0.2, -0.15) is 0 Å². The first-order valence-corrected chi connectivity index (χ1v) is 8.06. The quantitative estimate of drug-likeness (QED) is 0.630. The molecule has 0 saturated carbocycles. The molecule has 19 heavy (non-hydrogen) atoms. The second kappa shape index (κ2) is 9.01. The Kier molecular flexibility index (Phi) is 7.62. The zero-order valence-electron chi connectivity index (χ0n) is 13.0. The van der Waals surface area contributed by atoms with Crippen molar-refractivity contribution in [2.45, 2.75) is 78.6 Å². The van der Waals surface area contributed by atoms with Crippen molar-refractivity contribution < 1.29 is 5.11 Å². The largest absolute Gasteiger partial charge is 0.508 e. The summed E-state index contributed by atoms with van der Waals surface area (Å²) in [6, 6.07) is 4.30. The number of hydrogen-bond acceptors (Lipinski definition) is 1. The van der Waals surface area contributed by atoms with Crippen LogP contribution in [0.25, 0.3) is 0 Å². The molecular formula is C18H30O. The lowest BCUT2D eigenvalue weighted by Gasteiger charge is -2.13. The van der Waals surface area contributed by atoms with Crippen molar-refractivity contribution in [3.05, 3.63) is 28.8 Å². The standard InChI is InChI=1S/C18H30O/c1-4-7-10-15-13-17(12-9-6-3)18(19)14-16(15)11-8-5-2/h13-14,19H,4-12H2,1-3H3. The number of rotatable bonds is 9. The second-order valence-corrected chi connectivity index (χ2v) is 5.56. The molecule has 0 aromatic heterocycles. The summed E-state index contributed by atoms with van der Waals surface area (Å²) in [6.45, 7) is 6.66. The highest BCUT2D eigenvalue weighted by Gasteiger charge is 2.09. The Hall–Kier alpha value is -0.980. The normalized spacial score (nSPS) is 10.9. The Balaban J connectivity index is 2.91. The monoisotopic (exact) mass is 262 g/mol. The summed E-state index contributed by atoms with van der Waals surface area (Å²) in [5.41, 5.74) is 3.99.